The normalized spacial score (nSPS) is 11.8. The third-order valence-corrected chi connectivity index (χ3v) is 13.0. The van der Waals surface area contributed by atoms with Crippen molar-refractivity contribution in [2.75, 3.05) is 9.80 Å². The predicted molar refractivity (Wildman–Crippen MR) is 254 cm³/mol. The van der Waals surface area contributed by atoms with Crippen molar-refractivity contribution < 1.29 is 8.83 Å². The molecule has 0 saturated carbocycles. The van der Waals surface area contributed by atoms with Crippen LogP contribution in [0.5, 0.6) is 0 Å². The third-order valence-electron chi connectivity index (χ3n) is 13.0. The third kappa shape index (κ3) is 5.59. The minimum atomic E-state index is 0.774. The molecule has 0 atom stereocenters. The first-order chi connectivity index (χ1) is 29.2. The molecule has 0 aliphatic heterocycles. The van der Waals surface area contributed by atoms with Gasteiger partial charge in [-0.2, -0.15) is 0 Å². The summed E-state index contributed by atoms with van der Waals surface area (Å²) in [4.78, 5) is 4.72. The molecule has 2 heterocycles. The highest BCUT2D eigenvalue weighted by molar-refractivity contribution is 6.21. The summed E-state index contributed by atoms with van der Waals surface area (Å²) < 4.78 is 13.6. The van der Waals surface area contributed by atoms with Crippen LogP contribution in [0.1, 0.15) is 33.4 Å². The van der Waals surface area contributed by atoms with E-state index in [0.29, 0.717) is 0 Å². The van der Waals surface area contributed by atoms with Gasteiger partial charge in [-0.3, -0.25) is 0 Å². The monoisotopic (exact) mass is 776 g/mol. The predicted octanol–water partition coefficient (Wildman–Crippen LogP) is 16.6. The molecule has 0 amide bonds. The average Bonchev–Trinajstić information content (AvgIpc) is 3.83. The van der Waals surface area contributed by atoms with Crippen molar-refractivity contribution in [3.63, 3.8) is 0 Å². The molecular formula is C56H44N2O2. The van der Waals surface area contributed by atoms with Crippen molar-refractivity contribution in [1.82, 2.24) is 0 Å². The first-order valence-electron chi connectivity index (χ1n) is 20.7. The van der Waals surface area contributed by atoms with Crippen molar-refractivity contribution in [3.05, 3.63) is 191 Å². The Hall–Kier alpha value is -7.30. The van der Waals surface area contributed by atoms with Crippen molar-refractivity contribution in [2.45, 2.75) is 41.5 Å². The quantitative estimate of drug-likeness (QED) is 0.168. The Balaban J connectivity index is 1.03. The van der Waals surface area contributed by atoms with Crippen LogP contribution in [-0.4, -0.2) is 0 Å². The summed E-state index contributed by atoms with van der Waals surface area (Å²) in [5.41, 5.74) is 17.8. The van der Waals surface area contributed by atoms with Gasteiger partial charge in [-0.25, -0.2) is 0 Å². The molecule has 4 heteroatoms. The molecule has 0 spiro atoms. The molecular weight excluding hydrogens is 733 g/mol. The summed E-state index contributed by atoms with van der Waals surface area (Å²) >= 11 is 0. The summed E-state index contributed by atoms with van der Waals surface area (Å²) in [5, 5.41) is 8.80. The Morgan fingerprint density at radius 3 is 1.15 bits per heavy atom. The molecule has 60 heavy (non-hydrogen) atoms. The molecule has 2 aromatic heterocycles. The Kier molecular flexibility index (Phi) is 8.15. The molecule has 0 saturated heterocycles. The molecule has 0 fully saturated rings. The van der Waals surface area contributed by atoms with Gasteiger partial charge < -0.3 is 18.6 Å². The van der Waals surface area contributed by atoms with Gasteiger partial charge in [0.1, 0.15) is 11.2 Å². The zero-order chi connectivity index (χ0) is 40.8. The number of hydrogen-bond donors (Lipinski definition) is 0. The molecule has 0 aliphatic rings. The van der Waals surface area contributed by atoms with Crippen molar-refractivity contribution in [3.8, 4) is 0 Å². The SMILES string of the molecule is Cc1ccc(N(c2ccccc2)c2ccc3cc4c(cc3c2)oc2c4ccc3c4cc5ccc(N(c6ccccc6)c6ccc(C)c(C)c6C)cc5cc4oc32)c(C)c1C. The number of benzene rings is 9. The highest BCUT2D eigenvalue weighted by Gasteiger charge is 2.21. The second-order valence-electron chi connectivity index (χ2n) is 16.4. The van der Waals surface area contributed by atoms with E-state index in [-0.39, 0.29) is 0 Å². The number of nitrogens with zero attached hydrogens (tertiary/aromatic N) is 2. The Morgan fingerprint density at radius 1 is 0.317 bits per heavy atom. The van der Waals surface area contributed by atoms with E-state index >= 15 is 0 Å². The maximum Gasteiger partial charge on any atom is 0.178 e. The molecule has 4 nitrogen and oxygen atoms in total. The minimum absolute atomic E-state index is 0.774. The average molecular weight is 777 g/mol. The summed E-state index contributed by atoms with van der Waals surface area (Å²) in [5.74, 6) is 0. The van der Waals surface area contributed by atoms with E-state index in [4.69, 9.17) is 8.83 Å². The number of furan rings is 2. The molecule has 9 aromatic carbocycles. The van der Waals surface area contributed by atoms with Gasteiger partial charge >= 0.3 is 0 Å². The van der Waals surface area contributed by atoms with E-state index in [9.17, 15) is 0 Å². The topological polar surface area (TPSA) is 32.8 Å². The van der Waals surface area contributed by atoms with Crippen molar-refractivity contribution >= 4 is 99.5 Å². The highest BCUT2D eigenvalue weighted by atomic mass is 16.4. The van der Waals surface area contributed by atoms with E-state index in [2.05, 4.69) is 209 Å². The fraction of sp³-hybridized carbons (Fsp3) is 0.107. The zero-order valence-corrected chi connectivity index (χ0v) is 34.7. The molecule has 11 rings (SSSR count). The number of fused-ring (bicyclic) bond motifs is 9. The lowest BCUT2D eigenvalue weighted by Crippen LogP contribution is -2.12. The van der Waals surface area contributed by atoms with Crippen molar-refractivity contribution in [1.29, 1.82) is 0 Å². The van der Waals surface area contributed by atoms with Gasteiger partial charge in [-0.15, -0.1) is 0 Å². The molecule has 0 unspecified atom stereocenters. The smallest absolute Gasteiger partial charge is 0.178 e. The van der Waals surface area contributed by atoms with Gasteiger partial charge in [0.2, 0.25) is 0 Å². The van der Waals surface area contributed by atoms with E-state index in [1.54, 1.807) is 0 Å². The van der Waals surface area contributed by atoms with Gasteiger partial charge in [0.05, 0.1) is 0 Å². The van der Waals surface area contributed by atoms with Crippen LogP contribution in [0.15, 0.2) is 167 Å². The molecule has 0 bridgehead atoms. The zero-order valence-electron chi connectivity index (χ0n) is 34.7. The van der Waals surface area contributed by atoms with Crippen LogP contribution in [0.2, 0.25) is 0 Å². The second-order valence-corrected chi connectivity index (χ2v) is 16.4. The van der Waals surface area contributed by atoms with E-state index in [1.807, 2.05) is 0 Å². The molecule has 0 radical (unpaired) electrons. The number of anilines is 6. The summed E-state index contributed by atoms with van der Waals surface area (Å²) in [6.45, 7) is 13.2. The Morgan fingerprint density at radius 2 is 0.733 bits per heavy atom. The molecule has 0 aliphatic carbocycles. The van der Waals surface area contributed by atoms with Crippen LogP contribution in [-0.2, 0) is 0 Å². The minimum Gasteiger partial charge on any atom is -0.452 e. The van der Waals surface area contributed by atoms with Crippen LogP contribution < -0.4 is 9.80 Å². The van der Waals surface area contributed by atoms with Gasteiger partial charge in [0, 0.05) is 55.7 Å². The van der Waals surface area contributed by atoms with E-state index in [1.165, 1.54) is 44.8 Å². The van der Waals surface area contributed by atoms with E-state index < -0.39 is 0 Å². The Labute approximate surface area is 349 Å². The van der Waals surface area contributed by atoms with Crippen LogP contribution in [0, 0.1) is 41.5 Å². The van der Waals surface area contributed by atoms with Gasteiger partial charge in [0.15, 0.2) is 11.2 Å². The van der Waals surface area contributed by atoms with Crippen LogP contribution in [0.4, 0.5) is 34.1 Å². The lowest BCUT2D eigenvalue weighted by molar-refractivity contribution is 0.634. The fourth-order valence-electron chi connectivity index (χ4n) is 9.18. The lowest BCUT2D eigenvalue weighted by Gasteiger charge is -2.28. The maximum atomic E-state index is 6.78. The van der Waals surface area contributed by atoms with Crippen LogP contribution >= 0.6 is 0 Å². The standard InChI is InChI=1S/C56H44N2O2/c1-33-17-25-51(37(5)35(33)3)57(43-13-9-7-10-14-43)45-21-19-39-29-49-47-23-24-48-50-30-40-20-22-46(58(44-15-11-8-12-16-44)52-26-18-34(2)36(4)38(52)6)28-42(40)32-54(50)60-56(48)55(47)59-53(49)31-41(39)27-45/h7-32H,1-6H3. The number of para-hydroxylation sites is 2. The molecule has 11 aromatic rings. The maximum absolute atomic E-state index is 6.78. The fourth-order valence-corrected chi connectivity index (χ4v) is 9.18. The first kappa shape index (κ1) is 35.8. The largest absolute Gasteiger partial charge is 0.452 e. The second kappa shape index (κ2) is 13.6. The van der Waals surface area contributed by atoms with Gasteiger partial charge in [-0.1, -0.05) is 60.7 Å². The number of rotatable bonds is 6. The number of hydrogen-bond acceptors (Lipinski definition) is 4. The Bertz CT molecular complexity index is 3270. The summed E-state index contributed by atoms with van der Waals surface area (Å²) in [7, 11) is 0. The molecule has 290 valence electrons. The summed E-state index contributed by atoms with van der Waals surface area (Å²) in [6.07, 6.45) is 0. The number of aryl methyl sites for hydroxylation is 2. The molecule has 0 N–H and O–H groups in total. The van der Waals surface area contributed by atoms with E-state index in [0.717, 1.165) is 88.2 Å². The lowest BCUT2D eigenvalue weighted by atomic mass is 10.00. The van der Waals surface area contributed by atoms with Gasteiger partial charge in [-0.05, 0) is 194 Å². The van der Waals surface area contributed by atoms with Crippen LogP contribution in [0.3, 0.4) is 0 Å². The van der Waals surface area contributed by atoms with Crippen molar-refractivity contribution in [2.24, 2.45) is 0 Å². The first-order valence-corrected chi connectivity index (χ1v) is 20.7. The van der Waals surface area contributed by atoms with Crippen LogP contribution in [0.25, 0.3) is 65.4 Å². The highest BCUT2D eigenvalue weighted by Crippen LogP contribution is 2.44. The summed E-state index contributed by atoms with van der Waals surface area (Å²) in [6, 6.07) is 56.9. The van der Waals surface area contributed by atoms with Gasteiger partial charge in [0.25, 0.3) is 0 Å².